The Labute approximate surface area is 129 Å². The van der Waals surface area contributed by atoms with Crippen molar-refractivity contribution in [2.24, 2.45) is 14.1 Å². The lowest BCUT2D eigenvalue weighted by atomic mass is 10.1. The van der Waals surface area contributed by atoms with Crippen LogP contribution in [0.2, 0.25) is 0 Å². The largest absolute Gasteiger partial charge is 0.332 e. The fraction of sp³-hybridized carbons (Fsp3) is 0.667. The molecule has 2 aromatic heterocycles. The first-order chi connectivity index (χ1) is 10.3. The lowest BCUT2D eigenvalue weighted by Gasteiger charge is -2.19. The van der Waals surface area contributed by atoms with E-state index in [2.05, 4.69) is 30.9 Å². The second-order valence-corrected chi connectivity index (χ2v) is 6.13. The molecule has 0 fully saturated rings. The Bertz CT molecular complexity index is 769. The summed E-state index contributed by atoms with van der Waals surface area (Å²) < 4.78 is 4.44. The standard InChI is InChI=1S/C15H25N5O2/c1-11(17(2)3)8-6-7-9-20-14(21)12-13(16-10-18(12)4)19(5)15(20)22/h10-11H,6-9H2,1-5H3/t11-/m0/s1. The molecule has 2 heterocycles. The quantitative estimate of drug-likeness (QED) is 0.731. The molecule has 7 nitrogen and oxygen atoms in total. The van der Waals surface area contributed by atoms with E-state index in [-0.39, 0.29) is 11.2 Å². The normalized spacial score (nSPS) is 13.2. The van der Waals surface area contributed by atoms with Crippen LogP contribution in [0.25, 0.3) is 11.2 Å². The zero-order valence-electron chi connectivity index (χ0n) is 14.0. The van der Waals surface area contributed by atoms with E-state index in [0.29, 0.717) is 23.8 Å². The zero-order chi connectivity index (χ0) is 16.4. The molecule has 2 rings (SSSR count). The minimum absolute atomic E-state index is 0.251. The molecule has 22 heavy (non-hydrogen) atoms. The van der Waals surface area contributed by atoms with Gasteiger partial charge in [-0.25, -0.2) is 9.78 Å². The van der Waals surface area contributed by atoms with Gasteiger partial charge in [0.1, 0.15) is 0 Å². The Balaban J connectivity index is 2.20. The van der Waals surface area contributed by atoms with E-state index in [1.165, 1.54) is 9.13 Å². The highest BCUT2D eigenvalue weighted by molar-refractivity contribution is 5.69. The first kappa shape index (κ1) is 16.5. The average Bonchev–Trinajstić information content (AvgIpc) is 2.85. The molecule has 0 N–H and O–H groups in total. The summed E-state index contributed by atoms with van der Waals surface area (Å²) in [6.07, 6.45) is 4.42. The van der Waals surface area contributed by atoms with Crippen LogP contribution < -0.4 is 11.2 Å². The van der Waals surface area contributed by atoms with Gasteiger partial charge in [-0.05, 0) is 33.9 Å². The van der Waals surface area contributed by atoms with Crippen LogP contribution in [0, 0.1) is 0 Å². The van der Waals surface area contributed by atoms with Gasteiger partial charge in [-0.15, -0.1) is 0 Å². The van der Waals surface area contributed by atoms with Gasteiger partial charge in [0.2, 0.25) is 0 Å². The Morgan fingerprint density at radius 2 is 1.91 bits per heavy atom. The molecule has 0 aliphatic rings. The van der Waals surface area contributed by atoms with E-state index in [1.54, 1.807) is 25.0 Å². The lowest BCUT2D eigenvalue weighted by Crippen LogP contribution is -2.39. The third-order valence-electron chi connectivity index (χ3n) is 4.34. The fourth-order valence-corrected chi connectivity index (χ4v) is 2.56. The molecule has 0 aromatic carbocycles. The molecule has 1 atom stereocenters. The molecule has 0 amide bonds. The monoisotopic (exact) mass is 307 g/mol. The van der Waals surface area contributed by atoms with Gasteiger partial charge in [0, 0.05) is 26.7 Å². The lowest BCUT2D eigenvalue weighted by molar-refractivity contribution is 0.290. The van der Waals surface area contributed by atoms with E-state index in [0.717, 1.165) is 19.3 Å². The van der Waals surface area contributed by atoms with E-state index in [4.69, 9.17) is 0 Å². The Morgan fingerprint density at radius 3 is 2.55 bits per heavy atom. The summed E-state index contributed by atoms with van der Waals surface area (Å²) in [6, 6.07) is 0.499. The van der Waals surface area contributed by atoms with Crippen molar-refractivity contribution in [2.75, 3.05) is 14.1 Å². The van der Waals surface area contributed by atoms with Crippen molar-refractivity contribution in [3.63, 3.8) is 0 Å². The third kappa shape index (κ3) is 2.99. The highest BCUT2D eigenvalue weighted by Crippen LogP contribution is 2.06. The number of aryl methyl sites for hydroxylation is 2. The third-order valence-corrected chi connectivity index (χ3v) is 4.34. The summed E-state index contributed by atoms with van der Waals surface area (Å²) in [4.78, 5) is 31.1. The number of fused-ring (bicyclic) bond motifs is 1. The highest BCUT2D eigenvalue weighted by Gasteiger charge is 2.14. The van der Waals surface area contributed by atoms with E-state index in [1.807, 2.05) is 0 Å². The molecule has 0 aliphatic carbocycles. The van der Waals surface area contributed by atoms with Crippen LogP contribution in [-0.2, 0) is 20.6 Å². The molecule has 7 heteroatoms. The Hall–Kier alpha value is -1.89. The maximum atomic E-state index is 12.5. The van der Waals surface area contributed by atoms with Crippen molar-refractivity contribution in [3.8, 4) is 0 Å². The van der Waals surface area contributed by atoms with Crippen molar-refractivity contribution in [1.82, 2.24) is 23.6 Å². The van der Waals surface area contributed by atoms with Crippen molar-refractivity contribution < 1.29 is 0 Å². The van der Waals surface area contributed by atoms with Gasteiger partial charge in [-0.1, -0.05) is 6.42 Å². The van der Waals surface area contributed by atoms with Gasteiger partial charge in [-0.2, -0.15) is 0 Å². The first-order valence-corrected chi connectivity index (χ1v) is 7.62. The molecule has 0 radical (unpaired) electrons. The van der Waals surface area contributed by atoms with Crippen LogP contribution in [0.15, 0.2) is 15.9 Å². The molecule has 0 bridgehead atoms. The molecule has 0 saturated carbocycles. The van der Waals surface area contributed by atoms with Gasteiger partial charge in [0.05, 0.1) is 6.33 Å². The Kier molecular flexibility index (Phi) is 4.85. The minimum atomic E-state index is -0.295. The van der Waals surface area contributed by atoms with E-state index >= 15 is 0 Å². The van der Waals surface area contributed by atoms with Crippen LogP contribution in [0.3, 0.4) is 0 Å². The summed E-state index contributed by atoms with van der Waals surface area (Å²) in [7, 11) is 7.54. The average molecular weight is 307 g/mol. The topological polar surface area (TPSA) is 65.1 Å². The molecular formula is C15H25N5O2. The van der Waals surface area contributed by atoms with Gasteiger partial charge in [-0.3, -0.25) is 13.9 Å². The highest BCUT2D eigenvalue weighted by atomic mass is 16.2. The predicted octanol–water partition coefficient (Wildman–Crippen LogP) is 0.554. The molecule has 0 saturated heterocycles. The van der Waals surface area contributed by atoms with Gasteiger partial charge in [0.25, 0.3) is 5.56 Å². The number of hydrogen-bond acceptors (Lipinski definition) is 4. The number of nitrogens with zero attached hydrogens (tertiary/aromatic N) is 5. The first-order valence-electron chi connectivity index (χ1n) is 7.62. The summed E-state index contributed by atoms with van der Waals surface area (Å²) in [6.45, 7) is 2.62. The summed E-state index contributed by atoms with van der Waals surface area (Å²) in [5.41, 5.74) is 0.370. The molecule has 0 unspecified atom stereocenters. The van der Waals surface area contributed by atoms with Crippen LogP contribution in [0.5, 0.6) is 0 Å². The zero-order valence-corrected chi connectivity index (χ0v) is 14.0. The maximum Gasteiger partial charge on any atom is 0.332 e. The van der Waals surface area contributed by atoms with Gasteiger partial charge >= 0.3 is 5.69 Å². The fourth-order valence-electron chi connectivity index (χ4n) is 2.56. The smallest absolute Gasteiger partial charge is 0.328 e. The van der Waals surface area contributed by atoms with Crippen molar-refractivity contribution in [3.05, 3.63) is 27.2 Å². The molecule has 2 aromatic rings. The summed E-state index contributed by atoms with van der Waals surface area (Å²) in [5.74, 6) is 0. The second-order valence-electron chi connectivity index (χ2n) is 6.13. The van der Waals surface area contributed by atoms with Crippen LogP contribution in [0.1, 0.15) is 26.2 Å². The number of hydrogen-bond donors (Lipinski definition) is 0. The number of aromatic nitrogens is 4. The van der Waals surface area contributed by atoms with Crippen LogP contribution in [-0.4, -0.2) is 43.7 Å². The molecular weight excluding hydrogens is 282 g/mol. The Morgan fingerprint density at radius 1 is 1.23 bits per heavy atom. The summed E-state index contributed by atoms with van der Waals surface area (Å²) in [5, 5.41) is 0. The number of unbranched alkanes of at least 4 members (excludes halogenated alkanes) is 1. The SMILES string of the molecule is C[C@@H](CCCCn1c(=O)c2c(ncn2C)n(C)c1=O)N(C)C. The number of rotatable bonds is 6. The second kappa shape index (κ2) is 6.48. The summed E-state index contributed by atoms with van der Waals surface area (Å²) >= 11 is 0. The maximum absolute atomic E-state index is 12.5. The van der Waals surface area contributed by atoms with Crippen molar-refractivity contribution in [1.29, 1.82) is 0 Å². The van der Waals surface area contributed by atoms with Crippen molar-refractivity contribution >= 4 is 11.2 Å². The molecule has 0 spiro atoms. The number of imidazole rings is 1. The molecule has 122 valence electrons. The van der Waals surface area contributed by atoms with Crippen molar-refractivity contribution in [2.45, 2.75) is 38.8 Å². The van der Waals surface area contributed by atoms with Crippen LogP contribution >= 0.6 is 0 Å². The van der Waals surface area contributed by atoms with Crippen LogP contribution in [0.4, 0.5) is 0 Å². The predicted molar refractivity (Wildman–Crippen MR) is 87.2 cm³/mol. The molecule has 0 aliphatic heterocycles. The minimum Gasteiger partial charge on any atom is -0.328 e. The van der Waals surface area contributed by atoms with Gasteiger partial charge in [0.15, 0.2) is 11.2 Å². The van der Waals surface area contributed by atoms with Gasteiger partial charge < -0.3 is 9.47 Å². The van der Waals surface area contributed by atoms with E-state index < -0.39 is 0 Å². The van der Waals surface area contributed by atoms with E-state index in [9.17, 15) is 9.59 Å².